The first-order chi connectivity index (χ1) is 20.2. The van der Waals surface area contributed by atoms with Gasteiger partial charge in [0, 0.05) is 50.2 Å². The summed E-state index contributed by atoms with van der Waals surface area (Å²) < 4.78 is 5.95. The highest BCUT2D eigenvalue weighted by atomic mass is 16.5. The van der Waals surface area contributed by atoms with Crippen molar-refractivity contribution in [2.24, 2.45) is 0 Å². The zero-order valence-corrected chi connectivity index (χ0v) is 23.6. The molecule has 3 fully saturated rings. The summed E-state index contributed by atoms with van der Waals surface area (Å²) in [5, 5.41) is 15.3. The van der Waals surface area contributed by atoms with Gasteiger partial charge < -0.3 is 35.2 Å². The minimum absolute atomic E-state index is 0.0259. The van der Waals surface area contributed by atoms with Gasteiger partial charge in [0.1, 0.15) is 17.5 Å². The fraction of sp³-hybridized carbons (Fsp3) is 0.517. The molecule has 1 saturated carbocycles. The number of rotatable bonds is 8. The molecule has 2 aliphatic heterocycles. The largest absolute Gasteiger partial charge is 0.483 e. The van der Waals surface area contributed by atoms with Crippen LogP contribution in [0.2, 0.25) is 0 Å². The lowest BCUT2D eigenvalue weighted by Crippen LogP contribution is -2.52. The Morgan fingerprint density at radius 3 is 2.38 bits per heavy atom. The normalized spacial score (nSPS) is 18.9. The van der Waals surface area contributed by atoms with Gasteiger partial charge in [-0.2, -0.15) is 0 Å². The summed E-state index contributed by atoms with van der Waals surface area (Å²) in [6.07, 6.45) is 3.37. The maximum Gasteiger partial charge on any atom is 0.407 e. The van der Waals surface area contributed by atoms with Crippen LogP contribution in [0.25, 0.3) is 10.9 Å². The van der Waals surface area contributed by atoms with Gasteiger partial charge in [0.25, 0.3) is 11.8 Å². The van der Waals surface area contributed by atoms with Gasteiger partial charge in [-0.25, -0.2) is 9.78 Å². The number of hydrogen-bond acceptors (Lipinski definition) is 7. The van der Waals surface area contributed by atoms with Gasteiger partial charge in [0.2, 0.25) is 11.8 Å². The van der Waals surface area contributed by atoms with E-state index in [4.69, 9.17) is 9.84 Å². The number of nitrogens with zero attached hydrogens (tertiary/aromatic N) is 4. The molecule has 5 rings (SSSR count). The van der Waals surface area contributed by atoms with E-state index in [0.29, 0.717) is 29.6 Å². The molecule has 3 aliphatic rings. The number of likely N-dealkylation sites (tertiary alicyclic amines) is 1. The Labute approximate surface area is 243 Å². The van der Waals surface area contributed by atoms with E-state index in [-0.39, 0.29) is 68.8 Å². The third kappa shape index (κ3) is 6.55. The second-order valence-electron chi connectivity index (χ2n) is 11.0. The van der Waals surface area contributed by atoms with Crippen molar-refractivity contribution in [2.75, 3.05) is 45.9 Å². The maximum absolute atomic E-state index is 13.1. The molecule has 1 aromatic carbocycles. The van der Waals surface area contributed by atoms with E-state index in [9.17, 15) is 24.0 Å². The molecule has 42 heavy (non-hydrogen) atoms. The molecule has 0 bridgehead atoms. The first-order valence-electron chi connectivity index (χ1n) is 14.4. The topological polar surface area (TPSA) is 161 Å². The third-order valence-corrected chi connectivity index (χ3v) is 8.14. The molecule has 0 radical (unpaired) electrons. The summed E-state index contributed by atoms with van der Waals surface area (Å²) >= 11 is 0. The minimum atomic E-state index is -1.03. The highest BCUT2D eigenvalue weighted by Gasteiger charge is 2.35. The molecule has 224 valence electrons. The fourth-order valence-electron chi connectivity index (χ4n) is 5.46. The summed E-state index contributed by atoms with van der Waals surface area (Å²) in [6, 6.07) is 6.62. The van der Waals surface area contributed by atoms with E-state index in [0.717, 1.165) is 31.2 Å². The van der Waals surface area contributed by atoms with Crippen LogP contribution in [0.1, 0.15) is 48.2 Å². The Balaban J connectivity index is 1.23. The Kier molecular flexibility index (Phi) is 8.74. The van der Waals surface area contributed by atoms with Crippen LogP contribution in [0.15, 0.2) is 24.3 Å². The second-order valence-corrected chi connectivity index (χ2v) is 11.0. The minimum Gasteiger partial charge on any atom is -0.483 e. The van der Waals surface area contributed by atoms with Crippen LogP contribution >= 0.6 is 0 Å². The molecule has 3 heterocycles. The highest BCUT2D eigenvalue weighted by molar-refractivity contribution is 5.99. The zero-order chi connectivity index (χ0) is 29.8. The number of hydrogen-bond donors (Lipinski definition) is 3. The molecule has 13 nitrogen and oxygen atoms in total. The fourth-order valence-corrected chi connectivity index (χ4v) is 5.46. The number of pyridine rings is 1. The molecule has 1 aromatic heterocycles. The number of nitrogens with one attached hydrogen (secondary N) is 2. The summed E-state index contributed by atoms with van der Waals surface area (Å²) in [4.78, 5) is 71.4. The number of carboxylic acid groups (broad SMARTS) is 1. The first-order valence-corrected chi connectivity index (χ1v) is 14.4. The van der Waals surface area contributed by atoms with Gasteiger partial charge in [-0.05, 0) is 56.7 Å². The maximum atomic E-state index is 13.1. The number of piperazine rings is 1. The van der Waals surface area contributed by atoms with Gasteiger partial charge in [-0.3, -0.25) is 19.2 Å². The van der Waals surface area contributed by atoms with E-state index in [1.165, 1.54) is 15.9 Å². The summed E-state index contributed by atoms with van der Waals surface area (Å²) in [5.74, 6) is -1.04. The molecule has 2 saturated heterocycles. The second kappa shape index (κ2) is 12.6. The van der Waals surface area contributed by atoms with Crippen LogP contribution in [-0.4, -0.2) is 112 Å². The van der Waals surface area contributed by atoms with Gasteiger partial charge in [0.15, 0.2) is 6.61 Å². The van der Waals surface area contributed by atoms with Crippen molar-refractivity contribution in [1.29, 1.82) is 0 Å². The van der Waals surface area contributed by atoms with Crippen LogP contribution < -0.4 is 15.4 Å². The Morgan fingerprint density at radius 2 is 1.69 bits per heavy atom. The lowest BCUT2D eigenvalue weighted by atomic mass is 9.93. The average molecular weight is 581 g/mol. The summed E-state index contributed by atoms with van der Waals surface area (Å²) in [5.41, 5.74) is 1.45. The molecule has 0 unspecified atom stereocenters. The van der Waals surface area contributed by atoms with Crippen LogP contribution in [0.5, 0.6) is 5.75 Å². The number of fused-ring (bicyclic) bond motifs is 1. The molecule has 5 amide bonds. The Morgan fingerprint density at radius 1 is 0.952 bits per heavy atom. The van der Waals surface area contributed by atoms with Crippen molar-refractivity contribution in [3.8, 4) is 5.75 Å². The molecular weight excluding hydrogens is 544 g/mol. The van der Waals surface area contributed by atoms with E-state index in [1.54, 1.807) is 11.0 Å². The van der Waals surface area contributed by atoms with E-state index in [1.807, 2.05) is 19.1 Å². The third-order valence-electron chi connectivity index (χ3n) is 8.14. The van der Waals surface area contributed by atoms with E-state index in [2.05, 4.69) is 15.6 Å². The Hall–Kier alpha value is -4.42. The standard InChI is InChI=1S/C29H36N6O7/c1-18-7-8-20-21(14-18)32-22(27(38)30-16-25(36)33-10-12-34(13-11-33)29(40)41)15-24(20)42-17-26(37)35-9-3-6-23(35)28(39)31-19-4-2-5-19/h7-8,14-15,19,23H,2-6,9-13,16-17H2,1H3,(H,30,38)(H,31,39)(H,40,41)/t23-/m0/s1. The van der Waals surface area contributed by atoms with Crippen LogP contribution in [-0.2, 0) is 14.4 Å². The Bertz CT molecular complexity index is 1390. The average Bonchev–Trinajstić information content (AvgIpc) is 3.46. The molecule has 1 atom stereocenters. The number of benzene rings is 1. The molecule has 13 heteroatoms. The van der Waals surface area contributed by atoms with Crippen molar-refractivity contribution in [1.82, 2.24) is 30.3 Å². The number of carbonyl (C=O) groups is 5. The number of amides is 5. The molecular formula is C29H36N6O7. The van der Waals surface area contributed by atoms with E-state index >= 15 is 0 Å². The number of aryl methyl sites for hydroxylation is 1. The van der Waals surface area contributed by atoms with Gasteiger partial charge >= 0.3 is 6.09 Å². The van der Waals surface area contributed by atoms with Crippen LogP contribution in [0, 0.1) is 6.92 Å². The van der Waals surface area contributed by atoms with Crippen molar-refractivity contribution in [3.05, 3.63) is 35.5 Å². The molecule has 2 aromatic rings. The molecule has 0 spiro atoms. The SMILES string of the molecule is Cc1ccc2c(OCC(=O)N3CCC[C@H]3C(=O)NC3CCC3)cc(C(=O)NCC(=O)N3CCN(C(=O)O)CC3)nc2c1. The highest BCUT2D eigenvalue weighted by Crippen LogP contribution is 2.27. The van der Waals surface area contributed by atoms with Crippen molar-refractivity contribution in [3.63, 3.8) is 0 Å². The van der Waals surface area contributed by atoms with Crippen LogP contribution in [0.4, 0.5) is 4.79 Å². The number of carbonyl (C=O) groups excluding carboxylic acids is 4. The molecule has 3 N–H and O–H groups in total. The summed E-state index contributed by atoms with van der Waals surface area (Å²) in [7, 11) is 0. The smallest absolute Gasteiger partial charge is 0.407 e. The van der Waals surface area contributed by atoms with Gasteiger partial charge in [-0.15, -0.1) is 0 Å². The lowest BCUT2D eigenvalue weighted by Gasteiger charge is -2.33. The molecule has 1 aliphatic carbocycles. The lowest BCUT2D eigenvalue weighted by molar-refractivity contribution is -0.140. The first kappa shape index (κ1) is 29.1. The predicted molar refractivity (Wildman–Crippen MR) is 151 cm³/mol. The summed E-state index contributed by atoms with van der Waals surface area (Å²) in [6.45, 7) is 2.72. The number of aromatic nitrogens is 1. The quantitative estimate of drug-likeness (QED) is 0.419. The zero-order valence-electron chi connectivity index (χ0n) is 23.6. The van der Waals surface area contributed by atoms with E-state index < -0.39 is 18.0 Å². The van der Waals surface area contributed by atoms with Gasteiger partial charge in [0.05, 0.1) is 12.1 Å². The predicted octanol–water partition coefficient (Wildman–Crippen LogP) is 1.13. The van der Waals surface area contributed by atoms with Crippen molar-refractivity contribution in [2.45, 2.75) is 51.1 Å². The van der Waals surface area contributed by atoms with Crippen LogP contribution in [0.3, 0.4) is 0 Å². The monoisotopic (exact) mass is 580 g/mol. The van der Waals surface area contributed by atoms with Crippen molar-refractivity contribution < 1.29 is 33.8 Å². The van der Waals surface area contributed by atoms with Gasteiger partial charge in [-0.1, -0.05) is 6.07 Å². The van der Waals surface area contributed by atoms with Crippen molar-refractivity contribution >= 4 is 40.6 Å². The number of ether oxygens (including phenoxy) is 1.